The molecule has 24 heavy (non-hydrogen) atoms. The minimum absolute atomic E-state index is 0.128. The topological polar surface area (TPSA) is 83.9 Å². The first-order valence-electron chi connectivity index (χ1n) is 8.44. The Bertz CT molecular complexity index is 700. The van der Waals surface area contributed by atoms with Gasteiger partial charge in [-0.05, 0) is 56.4 Å². The van der Waals surface area contributed by atoms with Crippen molar-refractivity contribution in [1.29, 1.82) is 0 Å². The number of carboxylic acids is 1. The Hall–Kier alpha value is -1.60. The molecule has 0 aromatic heterocycles. The van der Waals surface area contributed by atoms with E-state index in [0.717, 1.165) is 25.7 Å². The number of carbonyl (C=O) groups is 1. The first-order chi connectivity index (χ1) is 11.4. The molecule has 0 radical (unpaired) electrons. The molecule has 1 aliphatic carbocycles. The van der Waals surface area contributed by atoms with Gasteiger partial charge in [0, 0.05) is 6.04 Å². The molecule has 3 atom stereocenters. The first kappa shape index (κ1) is 17.2. The van der Waals surface area contributed by atoms with Gasteiger partial charge < -0.3 is 9.84 Å². The van der Waals surface area contributed by atoms with Crippen molar-refractivity contribution < 1.29 is 23.1 Å². The van der Waals surface area contributed by atoms with Crippen LogP contribution in [0, 0.1) is 5.92 Å². The molecule has 132 valence electrons. The molecule has 1 saturated heterocycles. The number of hydrogen-bond acceptors (Lipinski definition) is 4. The molecular formula is C17H23NO5S. The zero-order chi connectivity index (χ0) is 17.3. The van der Waals surface area contributed by atoms with Crippen LogP contribution in [0.15, 0.2) is 29.2 Å². The molecule has 0 amide bonds. The van der Waals surface area contributed by atoms with E-state index in [9.17, 15) is 18.3 Å². The SMILES string of the molecule is CCOc1ccc(S(=O)(=O)N2C(C(=O)O)CC3CCCCC32)cc1. The number of sulfonamides is 1. The first-order valence-corrected chi connectivity index (χ1v) is 9.88. The van der Waals surface area contributed by atoms with Gasteiger partial charge in [-0.15, -0.1) is 0 Å². The summed E-state index contributed by atoms with van der Waals surface area (Å²) in [6, 6.07) is 5.05. The van der Waals surface area contributed by atoms with E-state index in [4.69, 9.17) is 4.74 Å². The lowest BCUT2D eigenvalue weighted by Gasteiger charge is -2.32. The zero-order valence-electron chi connectivity index (χ0n) is 13.7. The summed E-state index contributed by atoms with van der Waals surface area (Å²) in [5.74, 6) is -0.306. The molecule has 1 N–H and O–H groups in total. The second-order valence-corrected chi connectivity index (χ2v) is 8.28. The lowest BCUT2D eigenvalue weighted by atomic mass is 9.85. The largest absolute Gasteiger partial charge is 0.494 e. The number of benzene rings is 1. The van der Waals surface area contributed by atoms with E-state index in [1.807, 2.05) is 6.92 Å². The highest BCUT2D eigenvalue weighted by atomic mass is 32.2. The van der Waals surface area contributed by atoms with E-state index in [2.05, 4.69) is 0 Å². The fourth-order valence-electron chi connectivity index (χ4n) is 3.97. The average Bonchev–Trinajstić information content (AvgIpc) is 2.96. The van der Waals surface area contributed by atoms with Crippen LogP contribution < -0.4 is 4.74 Å². The summed E-state index contributed by atoms with van der Waals surface area (Å²) in [5, 5.41) is 9.53. The maximum Gasteiger partial charge on any atom is 0.322 e. The van der Waals surface area contributed by atoms with Crippen LogP contribution in [0.2, 0.25) is 0 Å². The van der Waals surface area contributed by atoms with Crippen LogP contribution in [0.25, 0.3) is 0 Å². The molecule has 1 heterocycles. The number of carboxylic acid groups (broad SMARTS) is 1. The van der Waals surface area contributed by atoms with Crippen molar-refractivity contribution in [2.75, 3.05) is 6.61 Å². The van der Waals surface area contributed by atoms with Crippen LogP contribution in [0.5, 0.6) is 5.75 Å². The molecule has 3 rings (SSSR count). The lowest BCUT2D eigenvalue weighted by molar-refractivity contribution is -0.141. The Morgan fingerprint density at radius 3 is 2.54 bits per heavy atom. The van der Waals surface area contributed by atoms with E-state index >= 15 is 0 Å². The maximum absolute atomic E-state index is 13.1. The molecule has 0 spiro atoms. The van der Waals surface area contributed by atoms with E-state index in [-0.39, 0.29) is 16.9 Å². The van der Waals surface area contributed by atoms with Gasteiger partial charge in [-0.3, -0.25) is 4.79 Å². The summed E-state index contributed by atoms with van der Waals surface area (Å²) in [4.78, 5) is 11.8. The highest BCUT2D eigenvalue weighted by molar-refractivity contribution is 7.89. The number of rotatable bonds is 5. The van der Waals surface area contributed by atoms with Gasteiger partial charge in [0.1, 0.15) is 11.8 Å². The van der Waals surface area contributed by atoms with Gasteiger partial charge in [0.25, 0.3) is 0 Å². The van der Waals surface area contributed by atoms with Crippen molar-refractivity contribution in [2.45, 2.75) is 56.0 Å². The molecule has 1 aromatic rings. The standard InChI is InChI=1S/C17H23NO5S/c1-2-23-13-7-9-14(10-8-13)24(21,22)18-15-6-4-3-5-12(15)11-16(18)17(19)20/h7-10,12,15-16H,2-6,11H2,1H3,(H,19,20). The van der Waals surface area contributed by atoms with E-state index in [1.54, 1.807) is 12.1 Å². The van der Waals surface area contributed by atoms with Gasteiger partial charge in [-0.2, -0.15) is 4.31 Å². The minimum Gasteiger partial charge on any atom is -0.494 e. The molecule has 3 unspecified atom stereocenters. The smallest absolute Gasteiger partial charge is 0.322 e. The lowest BCUT2D eigenvalue weighted by Crippen LogP contribution is -2.46. The van der Waals surface area contributed by atoms with Gasteiger partial charge in [0.15, 0.2) is 0 Å². The second kappa shape index (κ2) is 6.72. The highest BCUT2D eigenvalue weighted by Gasteiger charge is 2.51. The van der Waals surface area contributed by atoms with Crippen LogP contribution in [-0.4, -0.2) is 42.5 Å². The Labute approximate surface area is 142 Å². The summed E-state index contributed by atoms with van der Waals surface area (Å²) >= 11 is 0. The van der Waals surface area contributed by atoms with Gasteiger partial charge in [0.2, 0.25) is 10.0 Å². The zero-order valence-corrected chi connectivity index (χ0v) is 14.5. The summed E-state index contributed by atoms with van der Waals surface area (Å²) in [5.41, 5.74) is 0. The molecule has 1 saturated carbocycles. The molecule has 1 aromatic carbocycles. The van der Waals surface area contributed by atoms with Crippen LogP contribution in [0.1, 0.15) is 39.0 Å². The molecular weight excluding hydrogens is 330 g/mol. The van der Waals surface area contributed by atoms with Crippen LogP contribution in [0.3, 0.4) is 0 Å². The second-order valence-electron chi connectivity index (χ2n) is 6.44. The quantitative estimate of drug-likeness (QED) is 0.879. The minimum atomic E-state index is -3.84. The van der Waals surface area contributed by atoms with E-state index < -0.39 is 22.0 Å². The van der Waals surface area contributed by atoms with Gasteiger partial charge in [-0.1, -0.05) is 12.8 Å². The van der Waals surface area contributed by atoms with Crippen LogP contribution in [0.4, 0.5) is 0 Å². The van der Waals surface area contributed by atoms with Crippen molar-refractivity contribution >= 4 is 16.0 Å². The van der Waals surface area contributed by atoms with Crippen LogP contribution >= 0.6 is 0 Å². The van der Waals surface area contributed by atoms with Crippen molar-refractivity contribution in [3.8, 4) is 5.75 Å². The number of fused-ring (bicyclic) bond motifs is 1. The van der Waals surface area contributed by atoms with Gasteiger partial charge >= 0.3 is 5.97 Å². The van der Waals surface area contributed by atoms with Crippen molar-refractivity contribution in [3.05, 3.63) is 24.3 Å². The van der Waals surface area contributed by atoms with E-state index in [1.165, 1.54) is 16.4 Å². The number of aliphatic carboxylic acids is 1. The normalized spacial score (nSPS) is 27.6. The number of ether oxygens (including phenoxy) is 1. The predicted molar refractivity (Wildman–Crippen MR) is 88.4 cm³/mol. The molecule has 1 aliphatic heterocycles. The van der Waals surface area contributed by atoms with Gasteiger partial charge in [-0.25, -0.2) is 8.42 Å². The van der Waals surface area contributed by atoms with Crippen molar-refractivity contribution in [3.63, 3.8) is 0 Å². The van der Waals surface area contributed by atoms with Gasteiger partial charge in [0.05, 0.1) is 11.5 Å². The summed E-state index contributed by atoms with van der Waals surface area (Å²) in [6.45, 7) is 2.36. The molecule has 7 heteroatoms. The highest BCUT2D eigenvalue weighted by Crippen LogP contribution is 2.42. The third-order valence-corrected chi connectivity index (χ3v) is 6.97. The van der Waals surface area contributed by atoms with Crippen molar-refractivity contribution in [2.24, 2.45) is 5.92 Å². The fourth-order valence-corrected chi connectivity index (χ4v) is 5.84. The third kappa shape index (κ3) is 3.02. The monoisotopic (exact) mass is 353 g/mol. The van der Waals surface area contributed by atoms with Crippen molar-refractivity contribution in [1.82, 2.24) is 4.31 Å². The Morgan fingerprint density at radius 1 is 1.25 bits per heavy atom. The fraction of sp³-hybridized carbons (Fsp3) is 0.588. The molecule has 2 aliphatic rings. The summed E-state index contributed by atoms with van der Waals surface area (Å²) < 4.78 is 32.8. The number of nitrogens with zero attached hydrogens (tertiary/aromatic N) is 1. The molecule has 6 nitrogen and oxygen atoms in total. The predicted octanol–water partition coefficient (Wildman–Crippen LogP) is 2.49. The average molecular weight is 353 g/mol. The van der Waals surface area contributed by atoms with Crippen LogP contribution in [-0.2, 0) is 14.8 Å². The Balaban J connectivity index is 1.94. The molecule has 0 bridgehead atoms. The Kier molecular flexibility index (Phi) is 4.83. The summed E-state index contributed by atoms with van der Waals surface area (Å²) in [6.07, 6.45) is 4.05. The third-order valence-electron chi connectivity index (χ3n) is 5.02. The Morgan fingerprint density at radius 2 is 1.92 bits per heavy atom. The maximum atomic E-state index is 13.1. The number of hydrogen-bond donors (Lipinski definition) is 1. The molecule has 2 fully saturated rings. The van der Waals surface area contributed by atoms with E-state index in [0.29, 0.717) is 18.8 Å². The summed E-state index contributed by atoms with van der Waals surface area (Å²) in [7, 11) is -3.84.